The molecule has 0 saturated heterocycles. The van der Waals surface area contributed by atoms with Gasteiger partial charge in [-0.15, -0.1) is 0 Å². The molecule has 252 valence electrons. The van der Waals surface area contributed by atoms with Gasteiger partial charge in [0.25, 0.3) is 0 Å². The Balaban J connectivity index is 1.26. The molecule has 11 rings (SSSR count). The van der Waals surface area contributed by atoms with Gasteiger partial charge in [-0.2, -0.15) is 0 Å². The van der Waals surface area contributed by atoms with Crippen LogP contribution in [0, 0.1) is 0 Å². The number of aromatic nitrogens is 2. The van der Waals surface area contributed by atoms with Crippen LogP contribution in [0.1, 0.15) is 0 Å². The number of hydrogen-bond donors (Lipinski definition) is 0. The summed E-state index contributed by atoms with van der Waals surface area (Å²) in [6, 6.07) is 75.3. The maximum absolute atomic E-state index is 2.47. The summed E-state index contributed by atoms with van der Waals surface area (Å²) in [6.45, 7) is 0. The molecule has 2 heterocycles. The summed E-state index contributed by atoms with van der Waals surface area (Å²) in [5.41, 5.74) is 14.3. The molecular formula is C52H34N2. The molecular weight excluding hydrogens is 653 g/mol. The van der Waals surface area contributed by atoms with Crippen molar-refractivity contribution in [1.29, 1.82) is 0 Å². The third-order valence-corrected chi connectivity index (χ3v) is 11.1. The van der Waals surface area contributed by atoms with Gasteiger partial charge < -0.3 is 9.13 Å². The van der Waals surface area contributed by atoms with E-state index in [9.17, 15) is 0 Å². The highest BCUT2D eigenvalue weighted by atomic mass is 15.0. The summed E-state index contributed by atoms with van der Waals surface area (Å²) in [7, 11) is 0. The predicted octanol–water partition coefficient (Wildman–Crippen LogP) is 14.0. The van der Waals surface area contributed by atoms with E-state index >= 15 is 0 Å². The van der Waals surface area contributed by atoms with Crippen molar-refractivity contribution in [3.05, 3.63) is 206 Å². The summed E-state index contributed by atoms with van der Waals surface area (Å²) < 4.78 is 4.95. The topological polar surface area (TPSA) is 9.86 Å². The van der Waals surface area contributed by atoms with Gasteiger partial charge in [-0.3, -0.25) is 0 Å². The van der Waals surface area contributed by atoms with Crippen molar-refractivity contribution in [2.45, 2.75) is 0 Å². The standard InChI is InChI=1S/C52H34N2/c1-4-13-35(14-5-1)40-21-12-22-43(31-40)53-47-29-30-48-52(51(47)45-27-24-41(33-49(45)53)36-15-6-2-7-16-36)46-28-25-42(37-17-8-3-9-18-37)34-50(46)54(48)44-26-23-38-19-10-11-20-39(38)32-44/h1-34H. The van der Waals surface area contributed by atoms with Gasteiger partial charge in [-0.05, 0) is 92.7 Å². The highest BCUT2D eigenvalue weighted by Gasteiger charge is 2.22. The van der Waals surface area contributed by atoms with Crippen LogP contribution in [0.4, 0.5) is 0 Å². The lowest BCUT2D eigenvalue weighted by atomic mass is 10.0. The van der Waals surface area contributed by atoms with Gasteiger partial charge in [0.2, 0.25) is 0 Å². The molecule has 0 bridgehead atoms. The summed E-state index contributed by atoms with van der Waals surface area (Å²) in [5, 5.41) is 7.49. The van der Waals surface area contributed by atoms with Gasteiger partial charge in [0.1, 0.15) is 0 Å². The third-order valence-electron chi connectivity index (χ3n) is 11.1. The highest BCUT2D eigenvalue weighted by molar-refractivity contribution is 6.29. The van der Waals surface area contributed by atoms with Crippen molar-refractivity contribution in [1.82, 2.24) is 9.13 Å². The molecule has 9 aromatic carbocycles. The molecule has 0 aliphatic rings. The van der Waals surface area contributed by atoms with Crippen LogP contribution in [0.2, 0.25) is 0 Å². The number of hydrogen-bond acceptors (Lipinski definition) is 0. The molecule has 0 fully saturated rings. The van der Waals surface area contributed by atoms with E-state index in [-0.39, 0.29) is 0 Å². The molecule has 0 saturated carbocycles. The summed E-state index contributed by atoms with van der Waals surface area (Å²) in [5.74, 6) is 0. The molecule has 2 heteroatoms. The monoisotopic (exact) mass is 686 g/mol. The first-order valence-corrected chi connectivity index (χ1v) is 18.6. The Labute approximate surface area is 313 Å². The maximum Gasteiger partial charge on any atom is 0.0548 e. The van der Waals surface area contributed by atoms with E-state index in [0.29, 0.717) is 0 Å². The van der Waals surface area contributed by atoms with Gasteiger partial charge in [0, 0.05) is 32.9 Å². The molecule has 0 amide bonds. The van der Waals surface area contributed by atoms with Crippen LogP contribution in [-0.2, 0) is 0 Å². The Hall–Kier alpha value is -7.16. The summed E-state index contributed by atoms with van der Waals surface area (Å²) >= 11 is 0. The van der Waals surface area contributed by atoms with E-state index in [0.717, 1.165) is 11.4 Å². The molecule has 0 aliphatic heterocycles. The Morgan fingerprint density at radius 1 is 0.241 bits per heavy atom. The summed E-state index contributed by atoms with van der Waals surface area (Å²) in [4.78, 5) is 0. The lowest BCUT2D eigenvalue weighted by Gasteiger charge is -2.12. The van der Waals surface area contributed by atoms with Crippen LogP contribution in [0.5, 0.6) is 0 Å². The van der Waals surface area contributed by atoms with Gasteiger partial charge in [0.05, 0.1) is 22.1 Å². The van der Waals surface area contributed by atoms with E-state index in [1.165, 1.54) is 87.8 Å². The molecule has 11 aromatic rings. The molecule has 0 aliphatic carbocycles. The average Bonchev–Trinajstić information content (AvgIpc) is 3.76. The molecule has 54 heavy (non-hydrogen) atoms. The van der Waals surface area contributed by atoms with Gasteiger partial charge in [-0.25, -0.2) is 0 Å². The molecule has 0 spiro atoms. The second kappa shape index (κ2) is 12.2. The zero-order valence-corrected chi connectivity index (χ0v) is 29.5. The third kappa shape index (κ3) is 4.81. The molecule has 0 N–H and O–H groups in total. The van der Waals surface area contributed by atoms with Gasteiger partial charge >= 0.3 is 0 Å². The minimum absolute atomic E-state index is 1.14. The Morgan fingerprint density at radius 3 is 1.22 bits per heavy atom. The fraction of sp³-hybridized carbons (Fsp3) is 0. The number of nitrogens with zero attached hydrogens (tertiary/aromatic N) is 2. The fourth-order valence-corrected chi connectivity index (χ4v) is 8.56. The average molecular weight is 687 g/mol. The van der Waals surface area contributed by atoms with Crippen molar-refractivity contribution in [3.63, 3.8) is 0 Å². The second-order valence-corrected chi connectivity index (χ2v) is 14.2. The summed E-state index contributed by atoms with van der Waals surface area (Å²) in [6.07, 6.45) is 0. The van der Waals surface area contributed by atoms with Crippen LogP contribution in [0.3, 0.4) is 0 Å². The van der Waals surface area contributed by atoms with Crippen LogP contribution in [-0.4, -0.2) is 9.13 Å². The lowest BCUT2D eigenvalue weighted by Crippen LogP contribution is -1.96. The minimum atomic E-state index is 1.14. The Bertz CT molecular complexity index is 3190. The fourth-order valence-electron chi connectivity index (χ4n) is 8.56. The molecule has 0 atom stereocenters. The maximum atomic E-state index is 2.47. The SMILES string of the molecule is c1ccc(-c2cccc(-n3c4cc(-c5ccccc5)ccc4c4c5c6ccc(-c7ccccc7)cc6n(-c6ccc7ccccc7c6)c5ccc43)c2)cc1. The second-order valence-electron chi connectivity index (χ2n) is 14.2. The van der Waals surface area contributed by atoms with Crippen molar-refractivity contribution in [2.75, 3.05) is 0 Å². The van der Waals surface area contributed by atoms with Gasteiger partial charge in [-0.1, -0.05) is 158 Å². The highest BCUT2D eigenvalue weighted by Crippen LogP contribution is 2.44. The first-order chi connectivity index (χ1) is 26.8. The first kappa shape index (κ1) is 30.5. The van der Waals surface area contributed by atoms with Gasteiger partial charge in [0.15, 0.2) is 0 Å². The molecule has 0 unspecified atom stereocenters. The van der Waals surface area contributed by atoms with Crippen LogP contribution >= 0.6 is 0 Å². The van der Waals surface area contributed by atoms with Crippen molar-refractivity contribution < 1.29 is 0 Å². The van der Waals surface area contributed by atoms with Crippen LogP contribution in [0.25, 0.3) is 99.1 Å². The minimum Gasteiger partial charge on any atom is -0.309 e. The lowest BCUT2D eigenvalue weighted by molar-refractivity contribution is 1.17. The zero-order valence-electron chi connectivity index (χ0n) is 29.5. The molecule has 2 nitrogen and oxygen atoms in total. The van der Waals surface area contributed by atoms with E-state index in [2.05, 4.69) is 215 Å². The van der Waals surface area contributed by atoms with Crippen LogP contribution < -0.4 is 0 Å². The number of benzene rings is 9. The van der Waals surface area contributed by atoms with Crippen molar-refractivity contribution >= 4 is 54.4 Å². The Morgan fingerprint density at radius 2 is 0.685 bits per heavy atom. The zero-order chi connectivity index (χ0) is 35.6. The normalized spacial score (nSPS) is 11.7. The quantitative estimate of drug-likeness (QED) is 0.171. The van der Waals surface area contributed by atoms with E-state index in [1.807, 2.05) is 0 Å². The van der Waals surface area contributed by atoms with E-state index < -0.39 is 0 Å². The largest absolute Gasteiger partial charge is 0.309 e. The predicted molar refractivity (Wildman–Crippen MR) is 229 cm³/mol. The number of fused-ring (bicyclic) bond motifs is 8. The molecule has 2 aromatic heterocycles. The van der Waals surface area contributed by atoms with E-state index in [4.69, 9.17) is 0 Å². The van der Waals surface area contributed by atoms with Crippen molar-refractivity contribution in [2.24, 2.45) is 0 Å². The number of rotatable bonds is 5. The van der Waals surface area contributed by atoms with Crippen molar-refractivity contribution in [3.8, 4) is 44.8 Å². The van der Waals surface area contributed by atoms with E-state index in [1.54, 1.807) is 0 Å². The smallest absolute Gasteiger partial charge is 0.0548 e. The first-order valence-electron chi connectivity index (χ1n) is 18.6. The molecule has 0 radical (unpaired) electrons. The Kier molecular flexibility index (Phi) is 6.90. The van der Waals surface area contributed by atoms with Crippen LogP contribution in [0.15, 0.2) is 206 Å².